The molecule has 0 bridgehead atoms. The Balaban J connectivity index is 2.12. The smallest absolute Gasteiger partial charge is 0.133 e. The van der Waals surface area contributed by atoms with Crippen LogP contribution < -0.4 is 5.32 Å². The molecule has 1 N–H and O–H groups in total. The molecule has 0 amide bonds. The Labute approximate surface area is 95.9 Å². The van der Waals surface area contributed by atoms with Crippen LogP contribution in [0.5, 0.6) is 0 Å². The molecule has 1 saturated heterocycles. The lowest BCUT2D eigenvalue weighted by atomic mass is 10.2. The Morgan fingerprint density at radius 3 is 3.07 bits per heavy atom. The maximum atomic E-state index is 12.1. The first kappa shape index (κ1) is 11.0. The van der Waals surface area contributed by atoms with Gasteiger partial charge in [-0.3, -0.25) is 4.21 Å². The summed E-state index contributed by atoms with van der Waals surface area (Å²) in [6.45, 7) is 1.80. The van der Waals surface area contributed by atoms with E-state index in [9.17, 15) is 4.21 Å². The van der Waals surface area contributed by atoms with Crippen LogP contribution in [0.15, 0.2) is 17.4 Å². The zero-order valence-corrected chi connectivity index (χ0v) is 9.72. The van der Waals surface area contributed by atoms with Gasteiger partial charge >= 0.3 is 0 Å². The zero-order valence-electron chi connectivity index (χ0n) is 8.15. The van der Waals surface area contributed by atoms with Crippen molar-refractivity contribution < 1.29 is 4.21 Å². The number of nitrogens with zero attached hydrogens (tertiary/aromatic N) is 2. The van der Waals surface area contributed by atoms with Crippen molar-refractivity contribution in [1.82, 2.24) is 15.3 Å². The molecule has 0 radical (unpaired) electrons. The van der Waals surface area contributed by atoms with Gasteiger partial charge in [-0.15, -0.1) is 0 Å². The van der Waals surface area contributed by atoms with Gasteiger partial charge in [0, 0.05) is 12.6 Å². The third-order valence-electron chi connectivity index (χ3n) is 2.37. The van der Waals surface area contributed by atoms with Crippen molar-refractivity contribution >= 4 is 22.4 Å². The molecule has 2 atom stereocenters. The molecule has 1 aromatic rings. The number of aromatic nitrogens is 2. The van der Waals surface area contributed by atoms with E-state index < -0.39 is 10.8 Å². The summed E-state index contributed by atoms with van der Waals surface area (Å²) in [5.41, 5.74) is 0. The van der Waals surface area contributed by atoms with E-state index >= 15 is 0 Å². The van der Waals surface area contributed by atoms with E-state index in [0.717, 1.165) is 25.9 Å². The highest BCUT2D eigenvalue weighted by Crippen LogP contribution is 2.16. The predicted octanol–water partition coefficient (Wildman–Crippen LogP) is 0.990. The molecule has 15 heavy (non-hydrogen) atoms. The standard InChI is InChI=1S/C9H12ClN3OS/c10-8-4-9(13-6-12-8)15(14)7-2-1-3-11-5-7/h4,6-7,11H,1-3,5H2. The average molecular weight is 246 g/mol. The highest BCUT2D eigenvalue weighted by molar-refractivity contribution is 7.85. The van der Waals surface area contributed by atoms with Crippen molar-refractivity contribution in [2.45, 2.75) is 23.1 Å². The minimum Gasteiger partial charge on any atom is -0.316 e. The summed E-state index contributed by atoms with van der Waals surface area (Å²) in [6, 6.07) is 1.58. The molecule has 0 saturated carbocycles. The fourth-order valence-electron chi connectivity index (χ4n) is 1.60. The van der Waals surface area contributed by atoms with Crippen LogP contribution in [-0.4, -0.2) is 32.5 Å². The van der Waals surface area contributed by atoms with Gasteiger partial charge in [-0.1, -0.05) is 11.6 Å². The number of halogens is 1. The molecule has 2 unspecified atom stereocenters. The van der Waals surface area contributed by atoms with E-state index in [-0.39, 0.29) is 5.25 Å². The van der Waals surface area contributed by atoms with E-state index in [1.807, 2.05) is 0 Å². The SMILES string of the molecule is O=S(c1cc(Cl)ncn1)C1CCCNC1. The van der Waals surface area contributed by atoms with Crippen LogP contribution in [0, 0.1) is 0 Å². The molecule has 1 aliphatic rings. The molecule has 0 aromatic carbocycles. The Morgan fingerprint density at radius 2 is 2.40 bits per heavy atom. The van der Waals surface area contributed by atoms with Crippen molar-refractivity contribution in [2.24, 2.45) is 0 Å². The zero-order chi connectivity index (χ0) is 10.7. The van der Waals surface area contributed by atoms with Gasteiger partial charge in [-0.2, -0.15) is 0 Å². The summed E-state index contributed by atoms with van der Waals surface area (Å²) >= 11 is 5.73. The average Bonchev–Trinajstić information content (AvgIpc) is 2.29. The van der Waals surface area contributed by atoms with Gasteiger partial charge in [0.15, 0.2) is 0 Å². The lowest BCUT2D eigenvalue weighted by Crippen LogP contribution is -2.36. The quantitative estimate of drug-likeness (QED) is 0.790. The fraction of sp³-hybridized carbons (Fsp3) is 0.556. The van der Waals surface area contributed by atoms with Crippen molar-refractivity contribution in [3.05, 3.63) is 17.5 Å². The summed E-state index contributed by atoms with van der Waals surface area (Å²) < 4.78 is 12.1. The summed E-state index contributed by atoms with van der Waals surface area (Å²) in [7, 11) is -1.08. The normalized spacial score (nSPS) is 23.7. The van der Waals surface area contributed by atoms with E-state index in [4.69, 9.17) is 11.6 Å². The minimum absolute atomic E-state index is 0.143. The molecule has 1 fully saturated rings. The van der Waals surface area contributed by atoms with E-state index in [0.29, 0.717) is 10.2 Å². The van der Waals surface area contributed by atoms with Crippen molar-refractivity contribution in [2.75, 3.05) is 13.1 Å². The lowest BCUT2D eigenvalue weighted by molar-refractivity contribution is 0.519. The van der Waals surface area contributed by atoms with Crippen LogP contribution in [0.1, 0.15) is 12.8 Å². The maximum Gasteiger partial charge on any atom is 0.133 e. The number of piperidine rings is 1. The Hall–Kier alpha value is -0.520. The number of nitrogens with one attached hydrogen (secondary N) is 1. The Bertz CT molecular complexity index is 368. The number of hydrogen-bond donors (Lipinski definition) is 1. The lowest BCUT2D eigenvalue weighted by Gasteiger charge is -2.21. The molecule has 6 heteroatoms. The van der Waals surface area contributed by atoms with E-state index in [1.54, 1.807) is 6.07 Å². The Kier molecular flexibility index (Phi) is 3.66. The monoisotopic (exact) mass is 245 g/mol. The van der Waals surface area contributed by atoms with Crippen LogP contribution in [0.2, 0.25) is 5.15 Å². The van der Waals surface area contributed by atoms with Crippen molar-refractivity contribution in [3.63, 3.8) is 0 Å². The molecule has 82 valence electrons. The summed E-state index contributed by atoms with van der Waals surface area (Å²) in [5, 5.41) is 4.25. The van der Waals surface area contributed by atoms with Gasteiger partial charge in [0.05, 0.1) is 16.0 Å². The molecule has 1 aromatic heterocycles. The number of hydrogen-bond acceptors (Lipinski definition) is 4. The van der Waals surface area contributed by atoms with Gasteiger partial charge in [-0.25, -0.2) is 9.97 Å². The molecule has 4 nitrogen and oxygen atoms in total. The summed E-state index contributed by atoms with van der Waals surface area (Å²) in [6.07, 6.45) is 3.39. The largest absolute Gasteiger partial charge is 0.316 e. The predicted molar refractivity (Wildman–Crippen MR) is 59.3 cm³/mol. The van der Waals surface area contributed by atoms with Crippen LogP contribution in [0.3, 0.4) is 0 Å². The number of rotatable bonds is 2. The van der Waals surface area contributed by atoms with Crippen LogP contribution in [-0.2, 0) is 10.8 Å². The van der Waals surface area contributed by atoms with E-state index in [1.165, 1.54) is 6.33 Å². The van der Waals surface area contributed by atoms with Crippen LogP contribution in [0.4, 0.5) is 0 Å². The van der Waals surface area contributed by atoms with Gasteiger partial charge < -0.3 is 5.32 Å². The van der Waals surface area contributed by atoms with Gasteiger partial charge in [0.1, 0.15) is 16.5 Å². The summed E-state index contributed by atoms with van der Waals surface area (Å²) in [4.78, 5) is 7.76. The van der Waals surface area contributed by atoms with Crippen molar-refractivity contribution in [3.8, 4) is 0 Å². The second kappa shape index (κ2) is 5.01. The molecule has 2 heterocycles. The van der Waals surface area contributed by atoms with Gasteiger partial charge in [0.25, 0.3) is 0 Å². The van der Waals surface area contributed by atoms with Crippen LogP contribution >= 0.6 is 11.6 Å². The van der Waals surface area contributed by atoms with Crippen LogP contribution in [0.25, 0.3) is 0 Å². The molecule has 1 aliphatic heterocycles. The molecule has 0 spiro atoms. The molecule has 2 rings (SSSR count). The first-order valence-corrected chi connectivity index (χ1v) is 6.45. The van der Waals surface area contributed by atoms with Gasteiger partial charge in [0.2, 0.25) is 0 Å². The minimum atomic E-state index is -1.08. The Morgan fingerprint density at radius 1 is 1.53 bits per heavy atom. The highest BCUT2D eigenvalue weighted by atomic mass is 35.5. The molecule has 0 aliphatic carbocycles. The van der Waals surface area contributed by atoms with Crippen molar-refractivity contribution in [1.29, 1.82) is 0 Å². The fourth-order valence-corrected chi connectivity index (χ4v) is 3.18. The highest BCUT2D eigenvalue weighted by Gasteiger charge is 2.21. The van der Waals surface area contributed by atoms with E-state index in [2.05, 4.69) is 15.3 Å². The topological polar surface area (TPSA) is 54.9 Å². The third kappa shape index (κ3) is 2.74. The summed E-state index contributed by atoms with van der Waals surface area (Å²) in [5.74, 6) is 0. The second-order valence-electron chi connectivity index (χ2n) is 3.44. The molecular formula is C9H12ClN3OS. The second-order valence-corrected chi connectivity index (χ2v) is 5.51. The molecular weight excluding hydrogens is 234 g/mol. The maximum absolute atomic E-state index is 12.1. The first-order valence-electron chi connectivity index (χ1n) is 4.86. The third-order valence-corrected chi connectivity index (χ3v) is 4.22. The first-order chi connectivity index (χ1) is 7.27. The van der Waals surface area contributed by atoms with Gasteiger partial charge in [-0.05, 0) is 19.4 Å².